The summed E-state index contributed by atoms with van der Waals surface area (Å²) in [4.78, 5) is 4.15. The lowest BCUT2D eigenvalue weighted by molar-refractivity contribution is 0.438. The van der Waals surface area contributed by atoms with Gasteiger partial charge in [0.2, 0.25) is 0 Å². The number of ether oxygens (including phenoxy) is 1. The molecule has 0 bridgehead atoms. The fourth-order valence-corrected chi connectivity index (χ4v) is 2.35. The zero-order chi connectivity index (χ0) is 13.9. The molecule has 3 aromatic rings. The first-order chi connectivity index (χ1) is 9.72. The van der Waals surface area contributed by atoms with Crippen LogP contribution in [0.15, 0.2) is 54.9 Å². The van der Waals surface area contributed by atoms with Crippen molar-refractivity contribution in [3.05, 3.63) is 58.4 Å². The molecule has 5 nitrogen and oxygen atoms in total. The predicted octanol–water partition coefficient (Wildman–Crippen LogP) is 3.25. The Morgan fingerprint density at radius 1 is 1.10 bits per heavy atom. The summed E-state index contributed by atoms with van der Waals surface area (Å²) in [5.41, 5.74) is 7.34. The second kappa shape index (κ2) is 5.49. The van der Waals surface area contributed by atoms with Crippen molar-refractivity contribution in [2.24, 2.45) is 0 Å². The number of nitrogen functional groups attached to an aromatic ring is 1. The molecule has 0 unspecified atom stereocenters. The summed E-state index contributed by atoms with van der Waals surface area (Å²) in [6.45, 7) is 0. The van der Waals surface area contributed by atoms with Gasteiger partial charge < -0.3 is 10.5 Å². The van der Waals surface area contributed by atoms with Gasteiger partial charge in [0.1, 0.15) is 12.1 Å². The van der Waals surface area contributed by atoms with Crippen molar-refractivity contribution < 1.29 is 4.74 Å². The molecule has 0 aliphatic rings. The monoisotopic (exact) mass is 378 g/mol. The maximum absolute atomic E-state index is 5.71. The third kappa shape index (κ3) is 2.74. The molecule has 20 heavy (non-hydrogen) atoms. The van der Waals surface area contributed by atoms with Crippen LogP contribution in [0.25, 0.3) is 5.69 Å². The van der Waals surface area contributed by atoms with E-state index in [1.165, 1.54) is 0 Å². The van der Waals surface area contributed by atoms with Crippen molar-refractivity contribution in [2.75, 3.05) is 5.73 Å². The Bertz CT molecular complexity index is 727. The summed E-state index contributed by atoms with van der Waals surface area (Å²) < 4.78 is 8.24. The van der Waals surface area contributed by atoms with Gasteiger partial charge in [0, 0.05) is 5.69 Å². The minimum absolute atomic E-state index is 0.302. The number of halogens is 1. The van der Waals surface area contributed by atoms with Crippen molar-refractivity contribution >= 4 is 28.3 Å². The largest absolute Gasteiger partial charge is 0.422 e. The Hall–Kier alpha value is -2.09. The van der Waals surface area contributed by atoms with Crippen molar-refractivity contribution in [1.29, 1.82) is 0 Å². The van der Waals surface area contributed by atoms with Crippen molar-refractivity contribution in [1.82, 2.24) is 14.8 Å². The molecule has 0 radical (unpaired) electrons. The molecule has 0 aliphatic carbocycles. The van der Waals surface area contributed by atoms with Crippen LogP contribution in [-0.2, 0) is 0 Å². The van der Waals surface area contributed by atoms with Crippen LogP contribution in [0.1, 0.15) is 0 Å². The molecule has 1 heterocycles. The highest BCUT2D eigenvalue weighted by atomic mass is 127. The first kappa shape index (κ1) is 12.9. The molecule has 2 N–H and O–H groups in total. The SMILES string of the molecule is Nc1ccc(Oc2ncn(-c3ccccc3)n2)c(I)c1. The zero-order valence-electron chi connectivity index (χ0n) is 10.4. The van der Waals surface area contributed by atoms with E-state index < -0.39 is 0 Å². The van der Waals surface area contributed by atoms with Gasteiger partial charge in [0.15, 0.2) is 0 Å². The smallest absolute Gasteiger partial charge is 0.341 e. The van der Waals surface area contributed by atoms with Crippen LogP contribution in [0.5, 0.6) is 11.8 Å². The van der Waals surface area contributed by atoms with E-state index in [0.717, 1.165) is 9.26 Å². The number of aromatic nitrogens is 3. The maximum Gasteiger partial charge on any atom is 0.341 e. The molecule has 2 aromatic carbocycles. The maximum atomic E-state index is 5.71. The number of benzene rings is 2. The lowest BCUT2D eigenvalue weighted by atomic mass is 10.3. The molecule has 0 fully saturated rings. The molecule has 0 spiro atoms. The first-order valence-electron chi connectivity index (χ1n) is 5.92. The average molecular weight is 378 g/mol. The number of nitrogens with two attached hydrogens (primary N) is 1. The van der Waals surface area contributed by atoms with Crippen LogP contribution < -0.4 is 10.5 Å². The summed E-state index contributed by atoms with van der Waals surface area (Å²) in [7, 11) is 0. The number of para-hydroxylation sites is 1. The van der Waals surface area contributed by atoms with E-state index in [0.29, 0.717) is 17.4 Å². The lowest BCUT2D eigenvalue weighted by Gasteiger charge is -2.04. The number of hydrogen-bond donors (Lipinski definition) is 1. The molecule has 0 saturated heterocycles. The molecular weight excluding hydrogens is 367 g/mol. The van der Waals surface area contributed by atoms with Crippen LogP contribution in [0, 0.1) is 3.57 Å². The van der Waals surface area contributed by atoms with Crippen molar-refractivity contribution in [2.45, 2.75) is 0 Å². The first-order valence-corrected chi connectivity index (χ1v) is 7.00. The number of rotatable bonds is 3. The Morgan fingerprint density at radius 3 is 2.65 bits per heavy atom. The van der Waals surface area contributed by atoms with E-state index in [-0.39, 0.29) is 0 Å². The predicted molar refractivity (Wildman–Crippen MR) is 85.0 cm³/mol. The number of anilines is 1. The quantitative estimate of drug-likeness (QED) is 0.561. The highest BCUT2D eigenvalue weighted by molar-refractivity contribution is 14.1. The van der Waals surface area contributed by atoms with Gasteiger partial charge in [-0.2, -0.15) is 4.98 Å². The Morgan fingerprint density at radius 2 is 1.90 bits per heavy atom. The second-order valence-corrected chi connectivity index (χ2v) is 5.26. The highest BCUT2D eigenvalue weighted by Gasteiger charge is 2.07. The fraction of sp³-hybridized carbons (Fsp3) is 0. The molecule has 0 saturated carbocycles. The molecule has 6 heteroatoms. The van der Waals surface area contributed by atoms with E-state index in [9.17, 15) is 0 Å². The molecule has 100 valence electrons. The molecule has 0 amide bonds. The van der Waals surface area contributed by atoms with Gasteiger partial charge >= 0.3 is 6.01 Å². The van der Waals surface area contributed by atoms with Gasteiger partial charge in [-0.1, -0.05) is 18.2 Å². The Labute approximate surface area is 129 Å². The topological polar surface area (TPSA) is 66.0 Å². The lowest BCUT2D eigenvalue weighted by Crippen LogP contribution is -1.95. The van der Waals surface area contributed by atoms with Crippen LogP contribution >= 0.6 is 22.6 Å². The minimum atomic E-state index is 0.302. The number of nitrogens with zero attached hydrogens (tertiary/aromatic N) is 3. The summed E-state index contributed by atoms with van der Waals surface area (Å²) in [6.07, 6.45) is 1.62. The van der Waals surface area contributed by atoms with Crippen LogP contribution in [-0.4, -0.2) is 14.8 Å². The molecule has 0 atom stereocenters. The third-order valence-corrected chi connectivity index (χ3v) is 3.49. The van der Waals surface area contributed by atoms with Gasteiger partial charge in [-0.05, 0) is 52.9 Å². The van der Waals surface area contributed by atoms with Gasteiger partial charge in [-0.3, -0.25) is 0 Å². The standard InChI is InChI=1S/C14H11IN4O/c15-12-8-10(16)6-7-13(12)20-14-17-9-19(18-14)11-4-2-1-3-5-11/h1-9H,16H2. The van der Waals surface area contributed by atoms with Crippen LogP contribution in [0.4, 0.5) is 5.69 Å². The van der Waals surface area contributed by atoms with Gasteiger partial charge in [-0.25, -0.2) is 4.68 Å². The molecule has 1 aromatic heterocycles. The van der Waals surface area contributed by atoms with E-state index >= 15 is 0 Å². The van der Waals surface area contributed by atoms with Crippen molar-refractivity contribution in [3.8, 4) is 17.4 Å². The summed E-state index contributed by atoms with van der Waals surface area (Å²) >= 11 is 2.16. The minimum Gasteiger partial charge on any atom is -0.422 e. The Balaban J connectivity index is 1.84. The van der Waals surface area contributed by atoms with Crippen LogP contribution in [0.3, 0.4) is 0 Å². The zero-order valence-corrected chi connectivity index (χ0v) is 12.6. The van der Waals surface area contributed by atoms with Gasteiger partial charge in [0.05, 0.1) is 9.26 Å². The van der Waals surface area contributed by atoms with E-state index in [1.54, 1.807) is 23.1 Å². The van der Waals surface area contributed by atoms with E-state index in [1.807, 2.05) is 36.4 Å². The normalized spacial score (nSPS) is 10.4. The molecule has 3 rings (SSSR count). The van der Waals surface area contributed by atoms with E-state index in [2.05, 4.69) is 32.7 Å². The van der Waals surface area contributed by atoms with Crippen molar-refractivity contribution in [3.63, 3.8) is 0 Å². The Kier molecular flexibility index (Phi) is 3.55. The third-order valence-electron chi connectivity index (χ3n) is 2.65. The van der Waals surface area contributed by atoms with E-state index in [4.69, 9.17) is 10.5 Å². The molecule has 0 aliphatic heterocycles. The van der Waals surface area contributed by atoms with Crippen LogP contribution in [0.2, 0.25) is 0 Å². The average Bonchev–Trinajstić information content (AvgIpc) is 2.92. The summed E-state index contributed by atoms with van der Waals surface area (Å²) in [5.74, 6) is 0.686. The molecular formula is C14H11IN4O. The summed E-state index contributed by atoms with van der Waals surface area (Å²) in [5, 5.41) is 4.29. The van der Waals surface area contributed by atoms with Gasteiger partial charge in [-0.15, -0.1) is 5.10 Å². The summed E-state index contributed by atoms with van der Waals surface area (Å²) in [6, 6.07) is 15.5. The fourth-order valence-electron chi connectivity index (χ4n) is 1.70. The second-order valence-electron chi connectivity index (χ2n) is 4.10. The highest BCUT2D eigenvalue weighted by Crippen LogP contribution is 2.26. The number of hydrogen-bond acceptors (Lipinski definition) is 4. The van der Waals surface area contributed by atoms with Gasteiger partial charge in [0.25, 0.3) is 0 Å².